The fourth-order valence-corrected chi connectivity index (χ4v) is 2.77. The van der Waals surface area contributed by atoms with Crippen LogP contribution in [0.2, 0.25) is 0 Å². The van der Waals surface area contributed by atoms with Crippen molar-refractivity contribution in [3.63, 3.8) is 0 Å². The maximum atomic E-state index is 12.9. The molecule has 1 aromatic heterocycles. The standard InChI is InChI=1S/C18H16BrFN4/c1-12-2-7-16(15(19)8-12)24-18-9-17(22-11-23-18)21-10-13-3-5-14(20)6-4-13/h2-9,11H,10H2,1H3,(H2,21,22,23,24). The third-order valence-electron chi connectivity index (χ3n) is 3.44. The predicted octanol–water partition coefficient (Wildman–Crippen LogP) is 5.04. The summed E-state index contributed by atoms with van der Waals surface area (Å²) >= 11 is 3.54. The van der Waals surface area contributed by atoms with Gasteiger partial charge in [0.1, 0.15) is 23.8 Å². The molecule has 3 rings (SSSR count). The first-order chi connectivity index (χ1) is 11.6. The predicted molar refractivity (Wildman–Crippen MR) is 97.9 cm³/mol. The van der Waals surface area contributed by atoms with E-state index in [1.807, 2.05) is 31.2 Å². The van der Waals surface area contributed by atoms with E-state index < -0.39 is 0 Å². The molecule has 0 fully saturated rings. The number of anilines is 3. The second kappa shape index (κ2) is 7.40. The number of aryl methyl sites for hydroxylation is 1. The summed E-state index contributed by atoms with van der Waals surface area (Å²) in [6.45, 7) is 2.60. The first-order valence-electron chi connectivity index (χ1n) is 7.44. The van der Waals surface area contributed by atoms with Gasteiger partial charge in [-0.25, -0.2) is 14.4 Å². The van der Waals surface area contributed by atoms with E-state index in [1.54, 1.807) is 12.1 Å². The first kappa shape index (κ1) is 16.4. The Kier molecular flexibility index (Phi) is 5.05. The lowest BCUT2D eigenvalue weighted by Crippen LogP contribution is -2.03. The molecule has 24 heavy (non-hydrogen) atoms. The van der Waals surface area contributed by atoms with E-state index in [4.69, 9.17) is 0 Å². The van der Waals surface area contributed by atoms with Crippen LogP contribution in [0.3, 0.4) is 0 Å². The number of benzene rings is 2. The van der Waals surface area contributed by atoms with Gasteiger partial charge in [-0.1, -0.05) is 18.2 Å². The highest BCUT2D eigenvalue weighted by atomic mass is 79.9. The van der Waals surface area contributed by atoms with Gasteiger partial charge in [-0.05, 0) is 58.2 Å². The highest BCUT2D eigenvalue weighted by Crippen LogP contribution is 2.26. The molecule has 0 saturated heterocycles. The van der Waals surface area contributed by atoms with Crippen LogP contribution in [0.4, 0.5) is 21.7 Å². The summed E-state index contributed by atoms with van der Waals surface area (Å²) in [6.07, 6.45) is 1.50. The van der Waals surface area contributed by atoms with Gasteiger partial charge in [0.25, 0.3) is 0 Å². The molecule has 0 spiro atoms. The lowest BCUT2D eigenvalue weighted by atomic mass is 10.2. The van der Waals surface area contributed by atoms with E-state index in [0.717, 1.165) is 15.7 Å². The van der Waals surface area contributed by atoms with Crippen molar-refractivity contribution >= 4 is 33.3 Å². The molecule has 0 unspecified atom stereocenters. The molecule has 1 heterocycles. The van der Waals surface area contributed by atoms with Gasteiger partial charge in [0.2, 0.25) is 0 Å². The van der Waals surface area contributed by atoms with E-state index in [-0.39, 0.29) is 5.82 Å². The molecule has 0 aliphatic heterocycles. The van der Waals surface area contributed by atoms with Crippen LogP contribution in [0, 0.1) is 12.7 Å². The molecule has 0 bridgehead atoms. The zero-order valence-electron chi connectivity index (χ0n) is 13.1. The van der Waals surface area contributed by atoms with Crippen molar-refractivity contribution in [2.75, 3.05) is 10.6 Å². The number of nitrogens with zero attached hydrogens (tertiary/aromatic N) is 2. The van der Waals surface area contributed by atoms with Crippen molar-refractivity contribution in [1.29, 1.82) is 0 Å². The number of hydrogen-bond acceptors (Lipinski definition) is 4. The van der Waals surface area contributed by atoms with Crippen LogP contribution in [-0.4, -0.2) is 9.97 Å². The Morgan fingerprint density at radius 3 is 2.50 bits per heavy atom. The number of hydrogen-bond donors (Lipinski definition) is 2. The van der Waals surface area contributed by atoms with E-state index >= 15 is 0 Å². The fraction of sp³-hybridized carbons (Fsp3) is 0.111. The largest absolute Gasteiger partial charge is 0.366 e. The number of rotatable bonds is 5. The molecular weight excluding hydrogens is 371 g/mol. The minimum absolute atomic E-state index is 0.240. The molecule has 0 aliphatic carbocycles. The van der Waals surface area contributed by atoms with Crippen molar-refractivity contribution in [2.45, 2.75) is 13.5 Å². The smallest absolute Gasteiger partial charge is 0.135 e. The zero-order chi connectivity index (χ0) is 16.9. The second-order valence-corrected chi connectivity index (χ2v) is 6.23. The third kappa shape index (κ3) is 4.29. The molecule has 2 N–H and O–H groups in total. The van der Waals surface area contributed by atoms with E-state index in [9.17, 15) is 4.39 Å². The van der Waals surface area contributed by atoms with Crippen molar-refractivity contribution in [3.05, 3.63) is 76.3 Å². The monoisotopic (exact) mass is 386 g/mol. The maximum absolute atomic E-state index is 12.9. The summed E-state index contributed by atoms with van der Waals surface area (Å²) in [6, 6.07) is 14.3. The normalized spacial score (nSPS) is 10.5. The van der Waals surface area contributed by atoms with Gasteiger partial charge in [0.15, 0.2) is 0 Å². The quantitative estimate of drug-likeness (QED) is 0.644. The Morgan fingerprint density at radius 1 is 1.00 bits per heavy atom. The summed E-state index contributed by atoms with van der Waals surface area (Å²) in [5, 5.41) is 6.46. The van der Waals surface area contributed by atoms with Gasteiger partial charge in [0, 0.05) is 17.1 Å². The highest BCUT2D eigenvalue weighted by molar-refractivity contribution is 9.10. The minimum atomic E-state index is -0.240. The Bertz CT molecular complexity index is 837. The van der Waals surface area contributed by atoms with E-state index in [1.165, 1.54) is 24.0 Å². The van der Waals surface area contributed by atoms with Crippen LogP contribution in [-0.2, 0) is 6.54 Å². The average Bonchev–Trinajstić information content (AvgIpc) is 2.57. The van der Waals surface area contributed by atoms with Gasteiger partial charge < -0.3 is 10.6 Å². The van der Waals surface area contributed by atoms with Crippen LogP contribution in [0.5, 0.6) is 0 Å². The van der Waals surface area contributed by atoms with Gasteiger partial charge in [-0.15, -0.1) is 0 Å². The van der Waals surface area contributed by atoms with E-state index in [0.29, 0.717) is 18.2 Å². The van der Waals surface area contributed by atoms with Gasteiger partial charge >= 0.3 is 0 Å². The van der Waals surface area contributed by atoms with Crippen molar-refractivity contribution in [2.24, 2.45) is 0 Å². The van der Waals surface area contributed by atoms with Gasteiger partial charge in [-0.3, -0.25) is 0 Å². The molecule has 0 radical (unpaired) electrons. The molecule has 0 atom stereocenters. The second-order valence-electron chi connectivity index (χ2n) is 5.38. The lowest BCUT2D eigenvalue weighted by molar-refractivity contribution is 0.627. The molecule has 0 saturated carbocycles. The molecular formula is C18H16BrFN4. The Morgan fingerprint density at radius 2 is 1.75 bits per heavy atom. The molecule has 0 amide bonds. The molecule has 6 heteroatoms. The summed E-state index contributed by atoms with van der Waals surface area (Å²) < 4.78 is 13.9. The van der Waals surface area contributed by atoms with Crippen molar-refractivity contribution in [1.82, 2.24) is 9.97 Å². The SMILES string of the molecule is Cc1ccc(Nc2cc(NCc3ccc(F)cc3)ncn2)c(Br)c1. The Balaban J connectivity index is 1.68. The van der Waals surface area contributed by atoms with Crippen LogP contribution < -0.4 is 10.6 Å². The molecule has 122 valence electrons. The lowest BCUT2D eigenvalue weighted by Gasteiger charge is -2.10. The van der Waals surface area contributed by atoms with Crippen LogP contribution in [0.1, 0.15) is 11.1 Å². The molecule has 3 aromatic rings. The Labute approximate surface area is 148 Å². The molecule has 2 aromatic carbocycles. The topological polar surface area (TPSA) is 49.8 Å². The number of halogens is 2. The van der Waals surface area contributed by atoms with Crippen LogP contribution in [0.15, 0.2) is 59.3 Å². The minimum Gasteiger partial charge on any atom is -0.366 e. The van der Waals surface area contributed by atoms with Crippen molar-refractivity contribution < 1.29 is 4.39 Å². The molecule has 0 aliphatic rings. The van der Waals surface area contributed by atoms with Gasteiger partial charge in [-0.2, -0.15) is 0 Å². The third-order valence-corrected chi connectivity index (χ3v) is 4.10. The zero-order valence-corrected chi connectivity index (χ0v) is 14.6. The average molecular weight is 387 g/mol. The number of aromatic nitrogens is 2. The maximum Gasteiger partial charge on any atom is 0.135 e. The fourth-order valence-electron chi connectivity index (χ4n) is 2.18. The number of nitrogens with one attached hydrogen (secondary N) is 2. The van der Waals surface area contributed by atoms with Crippen LogP contribution in [0.25, 0.3) is 0 Å². The molecule has 4 nitrogen and oxygen atoms in total. The summed E-state index contributed by atoms with van der Waals surface area (Å²) in [7, 11) is 0. The van der Waals surface area contributed by atoms with Crippen LogP contribution >= 0.6 is 15.9 Å². The summed E-state index contributed by atoms with van der Waals surface area (Å²) in [5.41, 5.74) is 3.09. The van der Waals surface area contributed by atoms with E-state index in [2.05, 4.69) is 36.5 Å². The summed E-state index contributed by atoms with van der Waals surface area (Å²) in [5.74, 6) is 1.15. The van der Waals surface area contributed by atoms with Crippen molar-refractivity contribution in [3.8, 4) is 0 Å². The summed E-state index contributed by atoms with van der Waals surface area (Å²) in [4.78, 5) is 8.43. The highest BCUT2D eigenvalue weighted by Gasteiger charge is 2.03. The Hall–Kier alpha value is -2.47. The van der Waals surface area contributed by atoms with Gasteiger partial charge in [0.05, 0.1) is 5.69 Å². The first-order valence-corrected chi connectivity index (χ1v) is 8.23.